The molecule has 0 spiro atoms. The van der Waals surface area contributed by atoms with E-state index in [9.17, 15) is 20.2 Å². The molecule has 0 aromatic heterocycles. The van der Waals surface area contributed by atoms with Gasteiger partial charge in [-0.25, -0.2) is 0 Å². The first-order valence-electron chi connectivity index (χ1n) is 7.95. The molecule has 0 fully saturated rings. The molecule has 7 nitrogen and oxygen atoms in total. The maximum Gasteiger partial charge on any atom is 0.280 e. The van der Waals surface area contributed by atoms with Gasteiger partial charge in [-0.1, -0.05) is 25.1 Å². The van der Waals surface area contributed by atoms with Gasteiger partial charge in [-0.2, -0.15) is 0 Å². The first-order chi connectivity index (χ1) is 11.6. The molecule has 1 aliphatic heterocycles. The summed E-state index contributed by atoms with van der Waals surface area (Å²) in [4.78, 5) is 21.5. The van der Waals surface area contributed by atoms with Gasteiger partial charge >= 0.3 is 0 Å². The summed E-state index contributed by atoms with van der Waals surface area (Å²) in [5.41, 5.74) is 0.955. The summed E-state index contributed by atoms with van der Waals surface area (Å²) in [6, 6.07) is 11.6. The van der Waals surface area contributed by atoms with Crippen molar-refractivity contribution in [2.45, 2.75) is 38.1 Å². The van der Waals surface area contributed by atoms with Crippen molar-refractivity contribution >= 4 is 17.1 Å². The Labute approximate surface area is 145 Å². The summed E-state index contributed by atoms with van der Waals surface area (Å²) < 4.78 is 0. The van der Waals surface area contributed by atoms with Crippen LogP contribution in [0.3, 0.4) is 0 Å². The third-order valence-electron chi connectivity index (χ3n) is 4.77. The molecule has 7 heteroatoms. The Balaban J connectivity index is 2.27. The van der Waals surface area contributed by atoms with E-state index in [1.165, 1.54) is 12.1 Å². The van der Waals surface area contributed by atoms with E-state index in [2.05, 4.69) is 5.32 Å². The zero-order chi connectivity index (χ0) is 18.4. The van der Waals surface area contributed by atoms with Crippen molar-refractivity contribution in [3.8, 4) is 0 Å². The molecule has 1 atom stereocenters. The van der Waals surface area contributed by atoms with Crippen LogP contribution in [0.1, 0.15) is 38.3 Å². The van der Waals surface area contributed by atoms with Crippen molar-refractivity contribution in [3.05, 3.63) is 73.8 Å². The van der Waals surface area contributed by atoms with Gasteiger partial charge in [-0.3, -0.25) is 20.2 Å². The van der Waals surface area contributed by atoms with E-state index in [4.69, 9.17) is 0 Å². The minimum atomic E-state index is -0.636. The molecular formula is C18H19N3O4. The van der Waals surface area contributed by atoms with Crippen LogP contribution in [-0.2, 0) is 5.41 Å². The molecule has 2 aromatic rings. The fraction of sp³-hybridized carbons (Fsp3) is 0.333. The number of nitrogens with one attached hydrogen (secondary N) is 1. The molecule has 0 saturated heterocycles. The van der Waals surface area contributed by atoms with Gasteiger partial charge in [0.1, 0.15) is 0 Å². The lowest BCUT2D eigenvalue weighted by Gasteiger charge is -2.45. The van der Waals surface area contributed by atoms with Crippen LogP contribution in [0.2, 0.25) is 0 Å². The van der Waals surface area contributed by atoms with Gasteiger partial charge in [0.15, 0.2) is 0 Å². The molecule has 130 valence electrons. The summed E-state index contributed by atoms with van der Waals surface area (Å²) >= 11 is 0. The number of para-hydroxylation sites is 1. The number of nitro groups is 2. The van der Waals surface area contributed by atoms with Crippen LogP contribution in [0.5, 0.6) is 0 Å². The van der Waals surface area contributed by atoms with E-state index in [0.717, 1.165) is 17.3 Å². The van der Waals surface area contributed by atoms with Crippen LogP contribution in [-0.4, -0.2) is 15.4 Å². The Morgan fingerprint density at radius 1 is 0.960 bits per heavy atom. The molecule has 3 rings (SSSR count). The molecule has 0 bridgehead atoms. The van der Waals surface area contributed by atoms with E-state index in [1.807, 2.05) is 45.0 Å². The maximum atomic E-state index is 11.6. The van der Waals surface area contributed by atoms with E-state index in [1.54, 1.807) is 0 Å². The molecule has 0 radical (unpaired) electrons. The summed E-state index contributed by atoms with van der Waals surface area (Å²) in [5, 5.41) is 26.1. The van der Waals surface area contributed by atoms with Crippen LogP contribution in [0.25, 0.3) is 0 Å². The smallest absolute Gasteiger partial charge is 0.280 e. The summed E-state index contributed by atoms with van der Waals surface area (Å²) in [7, 11) is 0. The number of anilines is 1. The average molecular weight is 341 g/mol. The first-order valence-corrected chi connectivity index (χ1v) is 7.95. The quantitative estimate of drug-likeness (QED) is 0.659. The average Bonchev–Trinajstić information content (AvgIpc) is 2.53. The van der Waals surface area contributed by atoms with Gasteiger partial charge < -0.3 is 5.32 Å². The Hall–Kier alpha value is -2.96. The summed E-state index contributed by atoms with van der Waals surface area (Å²) in [6.45, 7) is 6.04. The number of non-ortho nitro benzene ring substituents is 1. The Morgan fingerprint density at radius 3 is 2.28 bits per heavy atom. The third-order valence-corrected chi connectivity index (χ3v) is 4.77. The maximum absolute atomic E-state index is 11.6. The molecular weight excluding hydrogens is 322 g/mol. The molecule has 0 saturated carbocycles. The first kappa shape index (κ1) is 16.9. The number of nitrogens with zero attached hydrogens (tertiary/aromatic N) is 2. The minimum Gasteiger partial charge on any atom is -0.380 e. The molecule has 1 N–H and O–H groups in total. The predicted molar refractivity (Wildman–Crippen MR) is 95.0 cm³/mol. The Morgan fingerprint density at radius 2 is 1.64 bits per heavy atom. The SMILES string of the molecule is CC1(C)C[C@](C)(c2ccc([N+](=O)[O-])cc2[N+](=O)[O-])c2ccccc2N1. The molecule has 0 unspecified atom stereocenters. The van der Waals surface area contributed by atoms with Crippen LogP contribution in [0.15, 0.2) is 42.5 Å². The minimum absolute atomic E-state index is 0.218. The molecule has 1 heterocycles. The number of fused-ring (bicyclic) bond motifs is 1. The van der Waals surface area contributed by atoms with Crippen LogP contribution in [0, 0.1) is 20.2 Å². The number of hydrogen-bond donors (Lipinski definition) is 1. The van der Waals surface area contributed by atoms with Gasteiger partial charge in [0.05, 0.1) is 15.9 Å². The number of benzene rings is 2. The molecule has 0 amide bonds. The fourth-order valence-corrected chi connectivity index (χ4v) is 3.95. The number of rotatable bonds is 3. The standard InChI is InChI=1S/C18H19N3O4/c1-17(2)11-18(3,13-6-4-5-7-15(13)19-17)14-9-8-12(20(22)23)10-16(14)21(24)25/h4-10,19H,11H2,1-3H3/t18-/m0/s1. The molecule has 25 heavy (non-hydrogen) atoms. The van der Waals surface area contributed by atoms with Crippen molar-refractivity contribution in [1.29, 1.82) is 0 Å². The largest absolute Gasteiger partial charge is 0.380 e. The lowest BCUT2D eigenvalue weighted by Crippen LogP contribution is -2.45. The monoisotopic (exact) mass is 341 g/mol. The van der Waals surface area contributed by atoms with Crippen LogP contribution >= 0.6 is 0 Å². The van der Waals surface area contributed by atoms with E-state index >= 15 is 0 Å². The van der Waals surface area contributed by atoms with Crippen LogP contribution < -0.4 is 5.32 Å². The van der Waals surface area contributed by atoms with Gasteiger partial charge in [0.2, 0.25) is 0 Å². The normalized spacial score (nSPS) is 21.1. The van der Waals surface area contributed by atoms with Gasteiger partial charge in [-0.15, -0.1) is 0 Å². The summed E-state index contributed by atoms with van der Waals surface area (Å²) in [5.74, 6) is 0. The highest BCUT2D eigenvalue weighted by Gasteiger charge is 2.44. The fourth-order valence-electron chi connectivity index (χ4n) is 3.95. The highest BCUT2D eigenvalue weighted by Crippen LogP contribution is 2.49. The van der Waals surface area contributed by atoms with Gasteiger partial charge in [0, 0.05) is 28.3 Å². The Bertz CT molecular complexity index is 878. The molecule has 2 aromatic carbocycles. The van der Waals surface area contributed by atoms with Crippen molar-refractivity contribution in [1.82, 2.24) is 0 Å². The molecule has 1 aliphatic rings. The predicted octanol–water partition coefficient (Wildman–Crippen LogP) is 4.40. The van der Waals surface area contributed by atoms with Crippen molar-refractivity contribution in [2.75, 3.05) is 5.32 Å². The molecule has 0 aliphatic carbocycles. The lowest BCUT2D eigenvalue weighted by molar-refractivity contribution is -0.394. The number of nitro benzene ring substituents is 2. The van der Waals surface area contributed by atoms with Crippen LogP contribution in [0.4, 0.5) is 17.1 Å². The van der Waals surface area contributed by atoms with Crippen molar-refractivity contribution < 1.29 is 9.85 Å². The van der Waals surface area contributed by atoms with E-state index < -0.39 is 15.3 Å². The van der Waals surface area contributed by atoms with Crippen molar-refractivity contribution in [2.24, 2.45) is 0 Å². The van der Waals surface area contributed by atoms with E-state index in [0.29, 0.717) is 12.0 Å². The number of hydrogen-bond acceptors (Lipinski definition) is 5. The second-order valence-corrected chi connectivity index (χ2v) is 7.28. The van der Waals surface area contributed by atoms with E-state index in [-0.39, 0.29) is 16.9 Å². The van der Waals surface area contributed by atoms with Gasteiger partial charge in [-0.05, 0) is 38.0 Å². The topological polar surface area (TPSA) is 98.3 Å². The summed E-state index contributed by atoms with van der Waals surface area (Å²) in [6.07, 6.45) is 0.621. The zero-order valence-corrected chi connectivity index (χ0v) is 14.3. The second kappa shape index (κ2) is 5.54. The highest BCUT2D eigenvalue weighted by molar-refractivity contribution is 5.65. The lowest BCUT2D eigenvalue weighted by atomic mass is 9.65. The third kappa shape index (κ3) is 2.82. The van der Waals surface area contributed by atoms with Crippen molar-refractivity contribution in [3.63, 3.8) is 0 Å². The highest BCUT2D eigenvalue weighted by atomic mass is 16.6. The van der Waals surface area contributed by atoms with Gasteiger partial charge in [0.25, 0.3) is 11.4 Å². The zero-order valence-electron chi connectivity index (χ0n) is 14.3. The second-order valence-electron chi connectivity index (χ2n) is 7.28. The Kier molecular flexibility index (Phi) is 3.74.